The Labute approximate surface area is 182 Å². The third-order valence-electron chi connectivity index (χ3n) is 6.71. The number of benzene rings is 2. The van der Waals surface area contributed by atoms with Gasteiger partial charge in [-0.3, -0.25) is 9.59 Å². The summed E-state index contributed by atoms with van der Waals surface area (Å²) in [5.74, 6) is -1.17. The molecule has 3 unspecified atom stereocenters. The van der Waals surface area contributed by atoms with Crippen LogP contribution in [0.15, 0.2) is 54.6 Å². The Balaban J connectivity index is 1.72. The van der Waals surface area contributed by atoms with Crippen LogP contribution in [0.1, 0.15) is 61.0 Å². The lowest BCUT2D eigenvalue weighted by atomic mass is 9.79. The Morgan fingerprint density at radius 1 is 1.06 bits per heavy atom. The first-order chi connectivity index (χ1) is 14.9. The van der Waals surface area contributed by atoms with Gasteiger partial charge in [-0.2, -0.15) is 0 Å². The minimum atomic E-state index is -1.21. The van der Waals surface area contributed by atoms with E-state index in [1.807, 2.05) is 30.3 Å². The summed E-state index contributed by atoms with van der Waals surface area (Å²) in [6, 6.07) is 14.0. The van der Waals surface area contributed by atoms with Gasteiger partial charge in [0, 0.05) is 12.5 Å². The van der Waals surface area contributed by atoms with Crippen LogP contribution >= 0.6 is 0 Å². The largest absolute Gasteiger partial charge is 0.388 e. The van der Waals surface area contributed by atoms with Crippen molar-refractivity contribution in [1.82, 2.24) is 10.2 Å². The van der Waals surface area contributed by atoms with Gasteiger partial charge in [0.15, 0.2) is 0 Å². The van der Waals surface area contributed by atoms with Gasteiger partial charge in [0.05, 0.1) is 23.2 Å². The number of likely N-dealkylation sites (tertiary alicyclic amines) is 1. The monoisotopic (exact) mass is 424 g/mol. The summed E-state index contributed by atoms with van der Waals surface area (Å²) >= 11 is 0. The summed E-state index contributed by atoms with van der Waals surface area (Å²) in [6.07, 6.45) is 4.02. The molecule has 2 aliphatic rings. The molecule has 2 aromatic carbocycles. The summed E-state index contributed by atoms with van der Waals surface area (Å²) in [7, 11) is 0. The standard InChI is InChI=1S/C25H29FN2O3/c1-25(31)15-16-28(24(30)19-13-7-8-14-20(19)26)21(17-9-3-2-4-10-17)22(25)27-23(29)18-11-5-6-12-18/h2-4,7-10,13-14,18,21-22,31H,5-6,11-12,15-16H2,1H3,(H,27,29). The summed E-state index contributed by atoms with van der Waals surface area (Å²) < 4.78 is 14.4. The van der Waals surface area contributed by atoms with Gasteiger partial charge in [-0.25, -0.2) is 4.39 Å². The molecule has 1 aliphatic heterocycles. The van der Waals surface area contributed by atoms with E-state index in [1.165, 1.54) is 12.1 Å². The zero-order valence-electron chi connectivity index (χ0n) is 17.8. The quantitative estimate of drug-likeness (QED) is 0.784. The third kappa shape index (κ3) is 4.35. The molecule has 1 heterocycles. The second-order valence-corrected chi connectivity index (χ2v) is 8.91. The molecule has 2 N–H and O–H groups in total. The highest BCUT2D eigenvalue weighted by Gasteiger charge is 2.48. The normalized spacial score (nSPS) is 26.6. The van der Waals surface area contributed by atoms with E-state index < -0.39 is 29.4 Å². The Bertz CT molecular complexity index is 941. The van der Waals surface area contributed by atoms with E-state index in [2.05, 4.69) is 5.32 Å². The van der Waals surface area contributed by atoms with Crippen LogP contribution in [0.2, 0.25) is 0 Å². The first kappa shape index (κ1) is 21.5. The zero-order chi connectivity index (χ0) is 22.0. The van der Waals surface area contributed by atoms with E-state index in [4.69, 9.17) is 0 Å². The van der Waals surface area contributed by atoms with Crippen LogP contribution in [0.5, 0.6) is 0 Å². The molecule has 6 heteroatoms. The Kier molecular flexibility index (Phi) is 6.10. The fourth-order valence-electron chi connectivity index (χ4n) is 4.89. The predicted molar refractivity (Wildman–Crippen MR) is 116 cm³/mol. The molecule has 3 atom stereocenters. The number of aliphatic hydroxyl groups is 1. The molecule has 1 aliphatic carbocycles. The minimum absolute atomic E-state index is 0.00848. The highest BCUT2D eigenvalue weighted by Crippen LogP contribution is 2.38. The van der Waals surface area contributed by atoms with Crippen molar-refractivity contribution >= 4 is 11.8 Å². The van der Waals surface area contributed by atoms with Crippen molar-refractivity contribution in [2.75, 3.05) is 6.54 Å². The number of hydrogen-bond acceptors (Lipinski definition) is 3. The molecule has 5 nitrogen and oxygen atoms in total. The Hall–Kier alpha value is -2.73. The number of nitrogens with zero attached hydrogens (tertiary/aromatic N) is 1. The average molecular weight is 425 g/mol. The van der Waals surface area contributed by atoms with Gasteiger partial charge in [-0.1, -0.05) is 55.3 Å². The Morgan fingerprint density at radius 3 is 2.39 bits per heavy atom. The number of nitrogens with one attached hydrogen (secondary N) is 1. The summed E-state index contributed by atoms with van der Waals surface area (Å²) in [5.41, 5.74) is -0.421. The van der Waals surface area contributed by atoms with Gasteiger partial charge >= 0.3 is 0 Å². The van der Waals surface area contributed by atoms with Crippen LogP contribution in [0.4, 0.5) is 4.39 Å². The van der Waals surface area contributed by atoms with Crippen LogP contribution in [0.25, 0.3) is 0 Å². The number of amides is 2. The molecule has 1 saturated carbocycles. The maximum atomic E-state index is 14.4. The van der Waals surface area contributed by atoms with E-state index in [-0.39, 0.29) is 30.4 Å². The van der Waals surface area contributed by atoms with Gasteiger partial charge < -0.3 is 15.3 Å². The fourth-order valence-corrected chi connectivity index (χ4v) is 4.89. The molecular formula is C25H29FN2O3. The van der Waals surface area contributed by atoms with Crippen LogP contribution in [-0.4, -0.2) is 40.0 Å². The van der Waals surface area contributed by atoms with Crippen molar-refractivity contribution in [3.63, 3.8) is 0 Å². The number of piperidine rings is 1. The lowest BCUT2D eigenvalue weighted by molar-refractivity contribution is -0.131. The van der Waals surface area contributed by atoms with E-state index in [1.54, 1.807) is 24.0 Å². The van der Waals surface area contributed by atoms with Crippen molar-refractivity contribution < 1.29 is 19.1 Å². The number of carbonyl (C=O) groups excluding carboxylic acids is 2. The van der Waals surface area contributed by atoms with Gasteiger partial charge in [-0.15, -0.1) is 0 Å². The van der Waals surface area contributed by atoms with Crippen molar-refractivity contribution in [1.29, 1.82) is 0 Å². The van der Waals surface area contributed by atoms with Crippen molar-refractivity contribution in [2.45, 2.75) is 56.7 Å². The van der Waals surface area contributed by atoms with Crippen molar-refractivity contribution in [2.24, 2.45) is 5.92 Å². The summed E-state index contributed by atoms with van der Waals surface area (Å²) in [6.45, 7) is 1.96. The highest BCUT2D eigenvalue weighted by atomic mass is 19.1. The zero-order valence-corrected chi connectivity index (χ0v) is 17.8. The summed E-state index contributed by atoms with van der Waals surface area (Å²) in [4.78, 5) is 28.0. The smallest absolute Gasteiger partial charge is 0.257 e. The van der Waals surface area contributed by atoms with Crippen LogP contribution < -0.4 is 5.32 Å². The Morgan fingerprint density at radius 2 is 1.71 bits per heavy atom. The molecule has 0 aromatic heterocycles. The topological polar surface area (TPSA) is 69.6 Å². The molecule has 1 saturated heterocycles. The number of hydrogen-bond donors (Lipinski definition) is 2. The average Bonchev–Trinajstić information content (AvgIpc) is 3.30. The van der Waals surface area contributed by atoms with E-state index in [9.17, 15) is 19.1 Å². The van der Waals surface area contributed by atoms with E-state index >= 15 is 0 Å². The number of carbonyl (C=O) groups is 2. The number of halogens is 1. The van der Waals surface area contributed by atoms with Crippen molar-refractivity contribution in [3.05, 3.63) is 71.5 Å². The van der Waals surface area contributed by atoms with E-state index in [0.717, 1.165) is 31.2 Å². The maximum absolute atomic E-state index is 14.4. The molecule has 2 fully saturated rings. The fraction of sp³-hybridized carbons (Fsp3) is 0.440. The molecule has 31 heavy (non-hydrogen) atoms. The first-order valence-electron chi connectivity index (χ1n) is 11.0. The lowest BCUT2D eigenvalue weighted by Gasteiger charge is -2.49. The molecule has 4 rings (SSSR count). The third-order valence-corrected chi connectivity index (χ3v) is 6.71. The SMILES string of the molecule is CC1(O)CCN(C(=O)c2ccccc2F)C(c2ccccc2)C1NC(=O)C1CCCC1. The minimum Gasteiger partial charge on any atom is -0.388 e. The molecule has 2 aromatic rings. The highest BCUT2D eigenvalue weighted by molar-refractivity contribution is 5.95. The molecule has 0 spiro atoms. The van der Waals surface area contributed by atoms with Gasteiger partial charge in [0.1, 0.15) is 5.82 Å². The summed E-state index contributed by atoms with van der Waals surface area (Å²) in [5, 5.41) is 14.3. The van der Waals surface area contributed by atoms with Gasteiger partial charge in [0.2, 0.25) is 5.91 Å². The molecule has 2 amide bonds. The number of rotatable bonds is 4. The second kappa shape index (κ2) is 8.79. The van der Waals surface area contributed by atoms with Gasteiger partial charge in [0.25, 0.3) is 5.91 Å². The molecular weight excluding hydrogens is 395 g/mol. The van der Waals surface area contributed by atoms with Crippen molar-refractivity contribution in [3.8, 4) is 0 Å². The maximum Gasteiger partial charge on any atom is 0.257 e. The van der Waals surface area contributed by atoms with Crippen LogP contribution in [0, 0.1) is 11.7 Å². The lowest BCUT2D eigenvalue weighted by Crippen LogP contribution is -2.63. The van der Waals surface area contributed by atoms with E-state index in [0.29, 0.717) is 0 Å². The van der Waals surface area contributed by atoms with Crippen LogP contribution in [0.3, 0.4) is 0 Å². The predicted octanol–water partition coefficient (Wildman–Crippen LogP) is 3.84. The molecule has 0 radical (unpaired) electrons. The molecule has 0 bridgehead atoms. The molecule has 164 valence electrons. The second-order valence-electron chi connectivity index (χ2n) is 8.91. The first-order valence-corrected chi connectivity index (χ1v) is 11.0. The van der Waals surface area contributed by atoms with Gasteiger partial charge in [-0.05, 0) is 43.9 Å². The van der Waals surface area contributed by atoms with Crippen LogP contribution in [-0.2, 0) is 4.79 Å².